The van der Waals surface area contributed by atoms with Gasteiger partial charge in [0.05, 0.1) is 42.6 Å². The number of aromatic nitrogens is 16. The van der Waals surface area contributed by atoms with E-state index in [1.807, 2.05) is 270 Å². The maximum Gasteiger partial charge on any atom is 0.133 e. The van der Waals surface area contributed by atoms with E-state index in [1.54, 1.807) is 93.1 Å². The molecule has 0 radical (unpaired) electrons. The molecule has 0 aliphatic heterocycles. The zero-order valence-corrected chi connectivity index (χ0v) is 63.5. The molecule has 19 nitrogen and oxygen atoms in total. The van der Waals surface area contributed by atoms with Gasteiger partial charge in [-0.25, -0.2) is 23.7 Å². The summed E-state index contributed by atoms with van der Waals surface area (Å²) in [6.45, 7) is 65.5. The van der Waals surface area contributed by atoms with Gasteiger partial charge in [0.2, 0.25) is 0 Å². The van der Waals surface area contributed by atoms with Crippen molar-refractivity contribution < 1.29 is 13.6 Å². The van der Waals surface area contributed by atoms with E-state index >= 15 is 0 Å². The van der Waals surface area contributed by atoms with E-state index < -0.39 is 0 Å². The summed E-state index contributed by atoms with van der Waals surface area (Å²) < 4.78 is 25.2. The first-order chi connectivity index (χ1) is 42.8. The average Bonchev–Trinajstić information content (AvgIpc) is 4.40. The van der Waals surface area contributed by atoms with Crippen molar-refractivity contribution in [2.24, 2.45) is 0 Å². The highest BCUT2D eigenvalue weighted by Gasteiger charge is 1.82. The van der Waals surface area contributed by atoms with Gasteiger partial charge in [-0.2, -0.15) is 14.6 Å². The van der Waals surface area contributed by atoms with E-state index in [0.717, 1.165) is 45.6 Å². The van der Waals surface area contributed by atoms with Crippen LogP contribution < -0.4 is 0 Å². The van der Waals surface area contributed by atoms with Gasteiger partial charge >= 0.3 is 0 Å². The zero-order valence-electron chi connectivity index (χ0n) is 61.1. The third kappa shape index (κ3) is 97.7. The summed E-state index contributed by atoms with van der Waals surface area (Å²) in [5.74, 6) is 1.82. The number of H-pyrrole nitrogens is 5. The molecule has 0 saturated carbocycles. The molecular formula is C66H126N16O3S3. The van der Waals surface area contributed by atoms with Crippen molar-refractivity contribution >= 4 is 34.6 Å². The molecule has 22 heteroatoms. The molecule has 11 rings (SSSR count). The number of hydrogen-bond acceptors (Lipinski definition) is 17. The predicted octanol–water partition coefficient (Wildman–Crippen LogP) is 22.2. The van der Waals surface area contributed by atoms with Crippen LogP contribution in [0.1, 0.15) is 214 Å². The molecule has 0 aliphatic carbocycles. The fourth-order valence-electron chi connectivity index (χ4n) is 3.26. The Labute approximate surface area is 548 Å². The molecular weight excluding hydrogens is 1160 g/mol. The Morgan fingerprint density at radius 3 is 1.12 bits per heavy atom. The van der Waals surface area contributed by atoms with Crippen molar-refractivity contribution in [3.8, 4) is 0 Å². The minimum Gasteiger partial charge on any atom is -0.365 e. The zero-order chi connectivity index (χ0) is 70.5. The van der Waals surface area contributed by atoms with Gasteiger partial charge in [0, 0.05) is 100.0 Å². The quantitative estimate of drug-likeness (QED) is 0.0946. The number of nitrogens with one attached hydrogen (secondary N) is 5. The third-order valence-corrected chi connectivity index (χ3v) is 8.57. The number of imidazole rings is 3. The molecule has 88 heavy (non-hydrogen) atoms. The van der Waals surface area contributed by atoms with Gasteiger partial charge < -0.3 is 28.5 Å². The molecule has 0 unspecified atom stereocenters. The predicted molar refractivity (Wildman–Crippen MR) is 386 cm³/mol. The van der Waals surface area contributed by atoms with Crippen LogP contribution in [0.15, 0.2) is 148 Å². The molecule has 11 aromatic heterocycles. The van der Waals surface area contributed by atoms with E-state index in [9.17, 15) is 0 Å². The van der Waals surface area contributed by atoms with Gasteiger partial charge in [-0.3, -0.25) is 10.2 Å². The van der Waals surface area contributed by atoms with E-state index in [2.05, 4.69) is 92.5 Å². The maximum atomic E-state index is 4.58. The van der Waals surface area contributed by atoms with Crippen molar-refractivity contribution in [1.82, 2.24) is 78.9 Å². The molecule has 11 heterocycles. The first kappa shape index (κ1) is 105. The molecule has 5 N–H and O–H groups in total. The van der Waals surface area contributed by atoms with Gasteiger partial charge in [0.15, 0.2) is 0 Å². The van der Waals surface area contributed by atoms with E-state index in [4.69, 9.17) is 0 Å². The standard InChI is InChI=1S/5C4H6N2.3C4H5NO.3C4H5NS.11C2H6/c2*1-4-2-5-3-6-4;1-4-2-5-6-3-4;1-4-5-2-3-6-4;1-4-2-3-5-6-4;1-4-2-5-6-3-4;1-4-2-3-6-5-4;1-4-2-3-5-6-4;1-4-2-5-6-3-4;1-4-2-3-6-5-4;1-4-2-3-5-6-4;11*1-2/h5*2-3H,1H3,(H,5,6);6*2-3H,1H3;11*1-2H3. The van der Waals surface area contributed by atoms with Crippen molar-refractivity contribution in [2.75, 3.05) is 0 Å². The van der Waals surface area contributed by atoms with E-state index in [-0.39, 0.29) is 0 Å². The smallest absolute Gasteiger partial charge is 0.133 e. The van der Waals surface area contributed by atoms with Crippen LogP contribution in [0.2, 0.25) is 0 Å². The van der Waals surface area contributed by atoms with Crippen molar-refractivity contribution in [2.45, 2.75) is 228 Å². The van der Waals surface area contributed by atoms with Crippen molar-refractivity contribution in [3.63, 3.8) is 0 Å². The van der Waals surface area contributed by atoms with Crippen LogP contribution in [0.4, 0.5) is 0 Å². The van der Waals surface area contributed by atoms with Crippen LogP contribution in [0.3, 0.4) is 0 Å². The fraction of sp³-hybridized carbons (Fsp3) is 0.500. The maximum absolute atomic E-state index is 4.58. The molecule has 11 aromatic rings. The Balaban J connectivity index is -0.0000000798. The molecule has 0 spiro atoms. The number of aryl methyl sites for hydroxylation is 11. The molecule has 0 saturated heterocycles. The van der Waals surface area contributed by atoms with Crippen LogP contribution in [0.5, 0.6) is 0 Å². The second-order valence-electron chi connectivity index (χ2n) is 13.1. The Kier molecular flexibility index (Phi) is 122. The number of rotatable bonds is 0. The summed E-state index contributed by atoms with van der Waals surface area (Å²) >= 11 is 4.51. The normalized spacial score (nSPS) is 7.38. The van der Waals surface area contributed by atoms with Gasteiger partial charge in [-0.15, -0.1) is 0 Å². The van der Waals surface area contributed by atoms with Gasteiger partial charge in [0.1, 0.15) is 24.1 Å². The Morgan fingerprint density at radius 1 is 0.443 bits per heavy atom. The Bertz CT molecular complexity index is 1850. The molecule has 0 aromatic carbocycles. The summed E-state index contributed by atoms with van der Waals surface area (Å²) in [6.07, 6.45) is 25.9. The lowest BCUT2D eigenvalue weighted by Gasteiger charge is -1.68. The van der Waals surface area contributed by atoms with Crippen LogP contribution in [0.25, 0.3) is 0 Å². The highest BCUT2D eigenvalue weighted by atomic mass is 32.1. The molecule has 0 amide bonds. The highest BCUT2D eigenvalue weighted by molar-refractivity contribution is 7.05. The van der Waals surface area contributed by atoms with Crippen molar-refractivity contribution in [3.05, 3.63) is 196 Å². The highest BCUT2D eigenvalue weighted by Crippen LogP contribution is 1.99. The van der Waals surface area contributed by atoms with Crippen LogP contribution in [-0.4, -0.2) is 78.9 Å². The number of hydrogen-bond donors (Lipinski definition) is 5. The summed E-state index contributed by atoms with van der Waals surface area (Å²) in [5.41, 5.74) is 8.85. The number of aromatic amines is 5. The van der Waals surface area contributed by atoms with E-state index in [0.29, 0.717) is 0 Å². The van der Waals surface area contributed by atoms with Gasteiger partial charge in [-0.1, -0.05) is 168 Å². The van der Waals surface area contributed by atoms with Gasteiger partial charge in [-0.05, 0) is 140 Å². The second kappa shape index (κ2) is 101. The third-order valence-electron chi connectivity index (χ3n) is 6.56. The lowest BCUT2D eigenvalue weighted by molar-refractivity contribution is 0.397. The first-order valence-electron chi connectivity index (χ1n) is 30.8. The molecule has 0 bridgehead atoms. The molecule has 0 fully saturated rings. The molecule has 506 valence electrons. The summed E-state index contributed by atoms with van der Waals surface area (Å²) in [5, 5.41) is 27.2. The summed E-state index contributed by atoms with van der Waals surface area (Å²) in [7, 11) is 0. The largest absolute Gasteiger partial charge is 0.365 e. The van der Waals surface area contributed by atoms with Gasteiger partial charge in [0.25, 0.3) is 0 Å². The second-order valence-corrected chi connectivity index (χ2v) is 15.5. The monoisotopic (exact) mass is 1290 g/mol. The topological polar surface area (TPSA) is 260 Å². The lowest BCUT2D eigenvalue weighted by atomic mass is 10.4. The van der Waals surface area contributed by atoms with Crippen LogP contribution in [-0.2, 0) is 0 Å². The minimum atomic E-state index is 0.856. The van der Waals surface area contributed by atoms with Crippen LogP contribution in [0, 0.1) is 76.2 Å². The minimum absolute atomic E-state index is 0.856. The lowest BCUT2D eigenvalue weighted by Crippen LogP contribution is -1.66. The number of nitrogens with zero attached hydrogens (tertiary/aromatic N) is 11. The van der Waals surface area contributed by atoms with Crippen molar-refractivity contribution in [1.29, 1.82) is 0 Å². The molecule has 0 aliphatic rings. The summed E-state index contributed by atoms with van der Waals surface area (Å²) in [4.78, 5) is 21.3. The Hall–Kier alpha value is -7.43. The molecule has 0 atom stereocenters. The SMILES string of the molecule is CC.CC.CC.CC.CC.CC.CC.CC.CC.CC.CC.Cc1ccn[nH]1.Cc1ccno1.Cc1ccns1.Cc1ccon1.Cc1ccsn1.Cc1cn[nH]c1.Cc1cnc[nH]1.Cc1cnc[nH]1.Cc1cnoc1.Cc1cnsc1.Cc1ncc[nH]1. The van der Waals surface area contributed by atoms with Crippen LogP contribution >= 0.6 is 34.6 Å². The first-order valence-corrected chi connectivity index (χ1v) is 33.3. The summed E-state index contributed by atoms with van der Waals surface area (Å²) in [6, 6.07) is 9.51. The fourth-order valence-corrected chi connectivity index (χ4v) is 4.73. The Morgan fingerprint density at radius 2 is 1.01 bits per heavy atom. The van der Waals surface area contributed by atoms with E-state index in [1.165, 1.54) is 50.6 Å². The average molecular weight is 1290 g/mol.